The number of fused-ring (bicyclic) bond motifs is 1. The van der Waals surface area contributed by atoms with E-state index in [1.165, 1.54) is 25.1 Å². The summed E-state index contributed by atoms with van der Waals surface area (Å²) in [6, 6.07) is 8.37. The van der Waals surface area contributed by atoms with Gasteiger partial charge in [-0.25, -0.2) is 8.42 Å². The normalized spacial score (nSPS) is 15.2. The maximum atomic E-state index is 12.9. The van der Waals surface area contributed by atoms with Gasteiger partial charge < -0.3 is 14.8 Å². The van der Waals surface area contributed by atoms with Crippen LogP contribution in [0.4, 0.5) is 5.69 Å². The topological polar surface area (TPSA) is 84.9 Å². The van der Waals surface area contributed by atoms with Gasteiger partial charge in [0.1, 0.15) is 19.3 Å². The summed E-state index contributed by atoms with van der Waals surface area (Å²) in [5, 5.41) is 3.38. The average molecular weight is 473 g/mol. The fraction of sp³-hybridized carbons (Fsp3) is 0.350. The molecule has 10 heteroatoms. The standard InChI is InChI=1S/C20H22Cl2N2O5S/c1-12(14-4-5-18-19(8-14)29-7-6-28-18)23-20(25)13(2)24(30(3,26)27)17-10-15(21)9-16(22)11-17/h4-5,8-13H,6-7H2,1-3H3,(H,23,25)/t12-,13-/m0/s1. The van der Waals surface area contributed by atoms with Crippen molar-refractivity contribution in [3.8, 4) is 11.5 Å². The van der Waals surface area contributed by atoms with E-state index in [0.29, 0.717) is 24.7 Å². The summed E-state index contributed by atoms with van der Waals surface area (Å²) in [6.45, 7) is 4.25. The van der Waals surface area contributed by atoms with Crippen LogP contribution in [0.2, 0.25) is 10.0 Å². The predicted octanol–water partition coefficient (Wildman–Crippen LogP) is 3.80. The number of carbonyl (C=O) groups excluding carboxylic acids is 1. The molecular weight excluding hydrogens is 451 g/mol. The second-order valence-electron chi connectivity index (χ2n) is 7.00. The van der Waals surface area contributed by atoms with Gasteiger partial charge in [0.05, 0.1) is 18.0 Å². The van der Waals surface area contributed by atoms with E-state index in [1.807, 2.05) is 6.07 Å². The van der Waals surface area contributed by atoms with Crippen LogP contribution in [0.25, 0.3) is 0 Å². The van der Waals surface area contributed by atoms with Crippen molar-refractivity contribution in [1.82, 2.24) is 5.32 Å². The van der Waals surface area contributed by atoms with Crippen molar-refractivity contribution in [2.24, 2.45) is 0 Å². The molecule has 1 N–H and O–H groups in total. The highest BCUT2D eigenvalue weighted by Gasteiger charge is 2.30. The van der Waals surface area contributed by atoms with Crippen LogP contribution in [-0.4, -0.2) is 39.8 Å². The number of amides is 1. The van der Waals surface area contributed by atoms with Crippen LogP contribution >= 0.6 is 23.2 Å². The lowest BCUT2D eigenvalue weighted by Gasteiger charge is -2.29. The third-order valence-corrected chi connectivity index (χ3v) is 6.29. The summed E-state index contributed by atoms with van der Waals surface area (Å²) in [5.41, 5.74) is 1.01. The Kier molecular flexibility index (Phi) is 6.69. The third kappa shape index (κ3) is 5.11. The molecule has 30 heavy (non-hydrogen) atoms. The van der Waals surface area contributed by atoms with Gasteiger partial charge in [0.2, 0.25) is 15.9 Å². The number of sulfonamides is 1. The SMILES string of the molecule is C[C@H](NC(=O)[C@H](C)N(c1cc(Cl)cc(Cl)c1)S(C)(=O)=O)c1ccc2c(c1)OCCO2. The number of hydrogen-bond acceptors (Lipinski definition) is 5. The van der Waals surface area contributed by atoms with Crippen molar-refractivity contribution in [2.45, 2.75) is 25.9 Å². The van der Waals surface area contributed by atoms with Gasteiger partial charge in [0.25, 0.3) is 0 Å². The van der Waals surface area contributed by atoms with Crippen molar-refractivity contribution in [3.05, 3.63) is 52.0 Å². The van der Waals surface area contributed by atoms with E-state index in [2.05, 4.69) is 5.32 Å². The van der Waals surface area contributed by atoms with E-state index >= 15 is 0 Å². The summed E-state index contributed by atoms with van der Waals surface area (Å²) < 4.78 is 37.0. The Morgan fingerprint density at radius 3 is 2.23 bits per heavy atom. The molecule has 0 saturated heterocycles. The quantitative estimate of drug-likeness (QED) is 0.690. The zero-order valence-corrected chi connectivity index (χ0v) is 19.0. The van der Waals surface area contributed by atoms with Gasteiger partial charge in [-0.2, -0.15) is 0 Å². The van der Waals surface area contributed by atoms with Gasteiger partial charge in [-0.15, -0.1) is 0 Å². The summed E-state index contributed by atoms with van der Waals surface area (Å²) in [5.74, 6) is 0.788. The number of ether oxygens (including phenoxy) is 2. The minimum Gasteiger partial charge on any atom is -0.486 e. The molecule has 0 saturated carbocycles. The van der Waals surface area contributed by atoms with Gasteiger partial charge in [-0.3, -0.25) is 9.10 Å². The molecule has 0 unspecified atom stereocenters. The van der Waals surface area contributed by atoms with Crippen molar-refractivity contribution in [3.63, 3.8) is 0 Å². The largest absolute Gasteiger partial charge is 0.486 e. The molecule has 2 aromatic rings. The van der Waals surface area contributed by atoms with E-state index in [-0.39, 0.29) is 21.8 Å². The number of benzene rings is 2. The number of halogens is 2. The lowest BCUT2D eigenvalue weighted by Crippen LogP contribution is -2.48. The molecular formula is C20H22Cl2N2O5S. The van der Waals surface area contributed by atoms with Crippen LogP contribution < -0.4 is 19.1 Å². The number of hydrogen-bond donors (Lipinski definition) is 1. The number of anilines is 1. The lowest BCUT2D eigenvalue weighted by molar-refractivity contribution is -0.122. The predicted molar refractivity (Wildman–Crippen MR) is 117 cm³/mol. The van der Waals surface area contributed by atoms with Crippen LogP contribution in [0.3, 0.4) is 0 Å². The van der Waals surface area contributed by atoms with E-state index in [1.54, 1.807) is 19.1 Å². The number of carbonyl (C=O) groups is 1. The van der Waals surface area contributed by atoms with Crippen LogP contribution in [-0.2, 0) is 14.8 Å². The summed E-state index contributed by atoms with van der Waals surface area (Å²) in [7, 11) is -3.79. The fourth-order valence-corrected chi connectivity index (χ4v) is 4.89. The lowest BCUT2D eigenvalue weighted by atomic mass is 10.1. The Labute approximate surface area is 185 Å². The molecule has 0 bridgehead atoms. The monoisotopic (exact) mass is 472 g/mol. The highest BCUT2D eigenvalue weighted by atomic mass is 35.5. The molecule has 0 aromatic heterocycles. The molecule has 1 aliphatic heterocycles. The Morgan fingerprint density at radius 2 is 1.63 bits per heavy atom. The third-order valence-electron chi connectivity index (χ3n) is 4.62. The maximum absolute atomic E-state index is 12.9. The second kappa shape index (κ2) is 8.91. The molecule has 0 fully saturated rings. The van der Waals surface area contributed by atoms with Crippen molar-refractivity contribution in [2.75, 3.05) is 23.8 Å². The highest BCUT2D eigenvalue weighted by Crippen LogP contribution is 2.33. The molecule has 7 nitrogen and oxygen atoms in total. The number of rotatable bonds is 6. The first-order valence-electron chi connectivity index (χ1n) is 9.21. The van der Waals surface area contributed by atoms with Crippen LogP contribution in [0.5, 0.6) is 11.5 Å². The van der Waals surface area contributed by atoms with E-state index in [4.69, 9.17) is 32.7 Å². The first-order chi connectivity index (χ1) is 14.1. The number of nitrogens with zero attached hydrogens (tertiary/aromatic N) is 1. The molecule has 1 heterocycles. The van der Waals surface area contributed by atoms with Gasteiger partial charge in [-0.1, -0.05) is 29.3 Å². The Balaban J connectivity index is 1.81. The molecule has 0 aliphatic carbocycles. The molecule has 3 rings (SSSR count). The van der Waals surface area contributed by atoms with Gasteiger partial charge in [-0.05, 0) is 49.7 Å². The molecule has 0 radical (unpaired) electrons. The van der Waals surface area contributed by atoms with Gasteiger partial charge in [0.15, 0.2) is 11.5 Å². The van der Waals surface area contributed by atoms with E-state index in [0.717, 1.165) is 16.1 Å². The molecule has 0 spiro atoms. The van der Waals surface area contributed by atoms with E-state index < -0.39 is 22.0 Å². The van der Waals surface area contributed by atoms with E-state index in [9.17, 15) is 13.2 Å². The van der Waals surface area contributed by atoms with Gasteiger partial charge in [0, 0.05) is 10.0 Å². The Hall–Kier alpha value is -2.16. The Morgan fingerprint density at radius 1 is 1.03 bits per heavy atom. The minimum atomic E-state index is -3.79. The second-order valence-corrected chi connectivity index (χ2v) is 9.73. The average Bonchev–Trinajstić information content (AvgIpc) is 2.65. The summed E-state index contributed by atoms with van der Waals surface area (Å²) in [4.78, 5) is 12.9. The van der Waals surface area contributed by atoms with Crippen LogP contribution in [0.1, 0.15) is 25.5 Å². The molecule has 2 atom stereocenters. The highest BCUT2D eigenvalue weighted by molar-refractivity contribution is 7.92. The minimum absolute atomic E-state index is 0.213. The molecule has 1 amide bonds. The number of nitrogens with one attached hydrogen (secondary N) is 1. The molecule has 162 valence electrons. The Bertz CT molecular complexity index is 1040. The van der Waals surface area contributed by atoms with Crippen LogP contribution in [0.15, 0.2) is 36.4 Å². The first-order valence-corrected chi connectivity index (χ1v) is 11.8. The van der Waals surface area contributed by atoms with Crippen molar-refractivity contribution >= 4 is 44.8 Å². The van der Waals surface area contributed by atoms with Gasteiger partial charge >= 0.3 is 0 Å². The zero-order chi connectivity index (χ0) is 22.1. The molecule has 2 aromatic carbocycles. The fourth-order valence-electron chi connectivity index (χ4n) is 3.22. The van der Waals surface area contributed by atoms with Crippen molar-refractivity contribution in [1.29, 1.82) is 0 Å². The van der Waals surface area contributed by atoms with Crippen molar-refractivity contribution < 1.29 is 22.7 Å². The van der Waals surface area contributed by atoms with Crippen LogP contribution in [0, 0.1) is 0 Å². The summed E-state index contributed by atoms with van der Waals surface area (Å²) >= 11 is 12.0. The zero-order valence-electron chi connectivity index (χ0n) is 16.7. The summed E-state index contributed by atoms with van der Waals surface area (Å²) in [6.07, 6.45) is 1.02. The smallest absolute Gasteiger partial charge is 0.244 e. The molecule has 1 aliphatic rings. The first kappa shape index (κ1) is 22.5. The maximum Gasteiger partial charge on any atom is 0.244 e.